The smallest absolute Gasteiger partial charge is 0.166 e. The molecule has 0 unspecified atom stereocenters. The van der Waals surface area contributed by atoms with Gasteiger partial charge in [-0.2, -0.15) is 23.4 Å². The van der Waals surface area contributed by atoms with E-state index in [-0.39, 0.29) is 11.0 Å². The minimum atomic E-state index is -4.38. The molecule has 0 heterocycles. The van der Waals surface area contributed by atoms with Crippen LogP contribution in [0.4, 0.5) is 13.2 Å². The Morgan fingerprint density at radius 3 is 2.56 bits per heavy atom. The molecular formula is C27H35F3N2. The summed E-state index contributed by atoms with van der Waals surface area (Å²) in [5, 5.41) is 8.73. The van der Waals surface area contributed by atoms with E-state index in [0.29, 0.717) is 11.3 Å². The van der Waals surface area contributed by atoms with Crippen molar-refractivity contribution in [3.05, 3.63) is 35.4 Å². The molecule has 174 valence electrons. The number of hydrogen-bond donors (Lipinski definition) is 0. The maximum Gasteiger partial charge on any atom is 0.417 e. The van der Waals surface area contributed by atoms with Gasteiger partial charge in [0.25, 0.3) is 0 Å². The molecule has 32 heavy (non-hydrogen) atoms. The number of hydrogen-bond acceptors (Lipinski definition) is 2. The summed E-state index contributed by atoms with van der Waals surface area (Å²) in [5.41, 5.74) is 1.10. The molecule has 0 radical (unpaired) electrons. The average Bonchev–Trinajstić information content (AvgIpc) is 3.09. The maximum atomic E-state index is 13.3. The first-order chi connectivity index (χ1) is 15.2. The first-order valence-corrected chi connectivity index (χ1v) is 12.5. The summed E-state index contributed by atoms with van der Waals surface area (Å²) < 4.78 is 39.8. The highest BCUT2D eigenvalue weighted by Gasteiger charge is 2.59. The van der Waals surface area contributed by atoms with Crippen LogP contribution in [0.15, 0.2) is 34.5 Å². The van der Waals surface area contributed by atoms with Crippen LogP contribution in [-0.4, -0.2) is 11.9 Å². The summed E-state index contributed by atoms with van der Waals surface area (Å²) in [6.45, 7) is 4.94. The van der Waals surface area contributed by atoms with Gasteiger partial charge in [0.15, 0.2) is 0 Å². The lowest BCUT2D eigenvalue weighted by Gasteiger charge is -2.59. The number of alkyl halides is 3. The summed E-state index contributed by atoms with van der Waals surface area (Å²) in [6.07, 6.45) is 9.75. The summed E-state index contributed by atoms with van der Waals surface area (Å²) in [5.74, 6) is 3.17. The molecule has 6 atom stereocenters. The normalized spacial score (nSPS) is 40.8. The minimum absolute atomic E-state index is 0.0555. The Balaban J connectivity index is 1.37. The molecule has 0 spiro atoms. The van der Waals surface area contributed by atoms with Crippen LogP contribution < -0.4 is 0 Å². The molecular weight excluding hydrogens is 409 g/mol. The predicted octanol–water partition coefficient (Wildman–Crippen LogP) is 7.91. The van der Waals surface area contributed by atoms with Crippen LogP contribution in [-0.2, 0) is 6.18 Å². The SMILES string of the molecule is C[C@]12CCCC[C@@H]1CC[C@@H]1[C@@H]2CC[C@]2(C)/C(=N\N=C/c3ccccc3C(F)(F)F)CC[C@@H]12. The molecule has 4 aliphatic rings. The predicted molar refractivity (Wildman–Crippen MR) is 123 cm³/mol. The van der Waals surface area contributed by atoms with Gasteiger partial charge in [0.1, 0.15) is 0 Å². The second-order valence-electron chi connectivity index (χ2n) is 11.3. The monoisotopic (exact) mass is 444 g/mol. The van der Waals surface area contributed by atoms with Crippen molar-refractivity contribution < 1.29 is 13.2 Å². The fourth-order valence-electron chi connectivity index (χ4n) is 8.28. The van der Waals surface area contributed by atoms with Crippen LogP contribution in [0.3, 0.4) is 0 Å². The van der Waals surface area contributed by atoms with E-state index >= 15 is 0 Å². The Morgan fingerprint density at radius 1 is 0.938 bits per heavy atom. The Bertz CT molecular complexity index is 920. The number of benzene rings is 1. The lowest BCUT2D eigenvalue weighted by molar-refractivity contribution is -0.137. The number of fused-ring (bicyclic) bond motifs is 5. The largest absolute Gasteiger partial charge is 0.417 e. The molecule has 4 saturated carbocycles. The second-order valence-corrected chi connectivity index (χ2v) is 11.3. The van der Waals surface area contributed by atoms with E-state index in [1.54, 1.807) is 6.07 Å². The van der Waals surface area contributed by atoms with Crippen molar-refractivity contribution in [2.45, 2.75) is 84.2 Å². The molecule has 4 fully saturated rings. The highest BCUT2D eigenvalue weighted by atomic mass is 19.4. The van der Waals surface area contributed by atoms with E-state index in [4.69, 9.17) is 0 Å². The summed E-state index contributed by atoms with van der Waals surface area (Å²) in [7, 11) is 0. The summed E-state index contributed by atoms with van der Waals surface area (Å²) >= 11 is 0. The molecule has 0 aromatic heterocycles. The van der Waals surface area contributed by atoms with E-state index in [0.717, 1.165) is 48.8 Å². The Kier molecular flexibility index (Phi) is 5.53. The highest BCUT2D eigenvalue weighted by Crippen LogP contribution is 2.65. The van der Waals surface area contributed by atoms with Crippen molar-refractivity contribution in [3.63, 3.8) is 0 Å². The Morgan fingerprint density at radius 2 is 1.75 bits per heavy atom. The standard InChI is InChI=1S/C27H35F3N2/c1-25-15-6-5-8-19(25)10-11-20-22-12-13-24(26(22,2)16-14-23(20)25)32-31-17-18-7-3-4-9-21(18)27(28,29)30/h3-4,7,9,17,19-20,22-23H,5-6,8,10-16H2,1-2H3/b31-17-,32-24-/t19-,20+,22+,23+,25+,26+/m1/s1. The third kappa shape index (κ3) is 3.54. The maximum absolute atomic E-state index is 13.3. The third-order valence-corrected chi connectivity index (χ3v) is 9.97. The average molecular weight is 445 g/mol. The van der Waals surface area contributed by atoms with Crippen molar-refractivity contribution >= 4 is 11.9 Å². The molecule has 2 nitrogen and oxygen atoms in total. The van der Waals surface area contributed by atoms with Gasteiger partial charge in [-0.05, 0) is 86.5 Å². The van der Waals surface area contributed by atoms with Gasteiger partial charge in [0.2, 0.25) is 0 Å². The van der Waals surface area contributed by atoms with E-state index in [2.05, 4.69) is 24.1 Å². The molecule has 5 rings (SSSR count). The zero-order valence-electron chi connectivity index (χ0n) is 19.3. The molecule has 1 aromatic rings. The number of halogens is 3. The van der Waals surface area contributed by atoms with Gasteiger partial charge in [-0.15, -0.1) is 0 Å². The summed E-state index contributed by atoms with van der Waals surface area (Å²) in [6, 6.07) is 5.58. The van der Waals surface area contributed by atoms with E-state index in [1.165, 1.54) is 63.3 Å². The zero-order chi connectivity index (χ0) is 22.6. The van der Waals surface area contributed by atoms with Gasteiger partial charge in [0, 0.05) is 16.7 Å². The molecule has 0 amide bonds. The Labute approximate surface area is 189 Å². The molecule has 1 aromatic carbocycles. The van der Waals surface area contributed by atoms with Crippen LogP contribution in [0.5, 0.6) is 0 Å². The van der Waals surface area contributed by atoms with Crippen molar-refractivity contribution in [2.24, 2.45) is 44.7 Å². The lowest BCUT2D eigenvalue weighted by atomic mass is 9.45. The van der Waals surface area contributed by atoms with Gasteiger partial charge in [-0.3, -0.25) is 0 Å². The van der Waals surface area contributed by atoms with Gasteiger partial charge in [-0.1, -0.05) is 44.9 Å². The first-order valence-electron chi connectivity index (χ1n) is 12.5. The lowest BCUT2D eigenvalue weighted by Crippen LogP contribution is -2.52. The number of rotatable bonds is 2. The van der Waals surface area contributed by atoms with Crippen LogP contribution >= 0.6 is 0 Å². The van der Waals surface area contributed by atoms with Crippen molar-refractivity contribution in [1.82, 2.24) is 0 Å². The molecule has 0 N–H and O–H groups in total. The van der Waals surface area contributed by atoms with Gasteiger partial charge in [0.05, 0.1) is 11.8 Å². The molecule has 0 aliphatic heterocycles. The number of nitrogens with zero attached hydrogens (tertiary/aromatic N) is 2. The highest BCUT2D eigenvalue weighted by molar-refractivity contribution is 5.93. The van der Waals surface area contributed by atoms with Gasteiger partial charge >= 0.3 is 6.18 Å². The molecule has 0 saturated heterocycles. The van der Waals surface area contributed by atoms with E-state index in [9.17, 15) is 13.2 Å². The molecule has 4 aliphatic carbocycles. The van der Waals surface area contributed by atoms with Crippen molar-refractivity contribution in [2.75, 3.05) is 0 Å². The van der Waals surface area contributed by atoms with Gasteiger partial charge < -0.3 is 0 Å². The van der Waals surface area contributed by atoms with Crippen LogP contribution in [0.25, 0.3) is 0 Å². The summed E-state index contributed by atoms with van der Waals surface area (Å²) in [4.78, 5) is 0. The van der Waals surface area contributed by atoms with Crippen molar-refractivity contribution in [3.8, 4) is 0 Å². The second kappa shape index (κ2) is 7.99. The minimum Gasteiger partial charge on any atom is -0.166 e. The topological polar surface area (TPSA) is 24.7 Å². The third-order valence-electron chi connectivity index (χ3n) is 9.97. The van der Waals surface area contributed by atoms with Crippen LogP contribution in [0, 0.1) is 34.5 Å². The zero-order valence-corrected chi connectivity index (χ0v) is 19.3. The van der Waals surface area contributed by atoms with E-state index in [1.807, 2.05) is 0 Å². The Hall–Kier alpha value is -1.65. The van der Waals surface area contributed by atoms with Gasteiger partial charge in [-0.25, -0.2) is 0 Å². The molecule has 0 bridgehead atoms. The van der Waals surface area contributed by atoms with E-state index < -0.39 is 11.7 Å². The van der Waals surface area contributed by atoms with Crippen molar-refractivity contribution in [1.29, 1.82) is 0 Å². The van der Waals surface area contributed by atoms with Crippen LogP contribution in [0.2, 0.25) is 0 Å². The fraction of sp³-hybridized carbons (Fsp3) is 0.704. The first kappa shape index (κ1) is 22.2. The molecule has 5 heteroatoms. The van der Waals surface area contributed by atoms with Crippen LogP contribution in [0.1, 0.15) is 89.2 Å². The quantitative estimate of drug-likeness (QED) is 0.327. The fourth-order valence-corrected chi connectivity index (χ4v) is 8.28.